The first-order valence-electron chi connectivity index (χ1n) is 3.66. The van der Waals surface area contributed by atoms with Crippen LogP contribution in [-0.2, 0) is 11.3 Å². The second-order valence-electron chi connectivity index (χ2n) is 2.45. The molecule has 13 heavy (non-hydrogen) atoms. The highest BCUT2D eigenvalue weighted by molar-refractivity contribution is 5.75. The van der Waals surface area contributed by atoms with Gasteiger partial charge in [0, 0.05) is 17.9 Å². The van der Waals surface area contributed by atoms with Gasteiger partial charge in [-0.05, 0) is 17.6 Å². The van der Waals surface area contributed by atoms with E-state index in [4.69, 9.17) is 5.53 Å². The molecule has 0 fully saturated rings. The summed E-state index contributed by atoms with van der Waals surface area (Å²) in [4.78, 5) is 16.8. The van der Waals surface area contributed by atoms with Gasteiger partial charge >= 0.3 is 0 Å². The van der Waals surface area contributed by atoms with Crippen LogP contribution in [-0.4, -0.2) is 20.5 Å². The Labute approximate surface area is 74.0 Å². The average molecular weight is 180 g/mol. The largest absolute Gasteiger partial charge is 0.300 e. The van der Waals surface area contributed by atoms with Crippen LogP contribution in [0, 0.1) is 0 Å². The van der Waals surface area contributed by atoms with E-state index >= 15 is 0 Å². The van der Waals surface area contributed by atoms with E-state index < -0.39 is 0 Å². The molecule has 0 spiro atoms. The molecule has 0 radical (unpaired) electrons. The lowest BCUT2D eigenvalue weighted by molar-refractivity contribution is -0.117. The van der Waals surface area contributed by atoms with Crippen molar-refractivity contribution in [1.29, 1.82) is 0 Å². The molecule has 7 heteroatoms. The van der Waals surface area contributed by atoms with E-state index in [1.807, 2.05) is 0 Å². The first-order valence-corrected chi connectivity index (χ1v) is 3.66. The van der Waals surface area contributed by atoms with Crippen molar-refractivity contribution >= 4 is 11.7 Å². The summed E-state index contributed by atoms with van der Waals surface area (Å²) in [5.74, 6) is 0.159. The molecule has 0 aliphatic rings. The Balaban J connectivity index is 2.58. The molecule has 68 valence electrons. The summed E-state index contributed by atoms with van der Waals surface area (Å²) in [6.45, 7) is 1.97. The first-order chi connectivity index (χ1) is 6.22. The van der Waals surface area contributed by atoms with Gasteiger partial charge in [0.25, 0.3) is 0 Å². The van der Waals surface area contributed by atoms with Crippen molar-refractivity contribution in [3.05, 3.63) is 16.8 Å². The molecule has 1 aromatic heterocycles. The lowest BCUT2D eigenvalue weighted by Crippen LogP contribution is -2.02. The Hall–Kier alpha value is -1.88. The van der Waals surface area contributed by atoms with E-state index in [0.29, 0.717) is 13.0 Å². The summed E-state index contributed by atoms with van der Waals surface area (Å²) in [6, 6.07) is 0. The van der Waals surface area contributed by atoms with Gasteiger partial charge in [0.15, 0.2) is 0 Å². The van der Waals surface area contributed by atoms with Crippen LogP contribution >= 0.6 is 0 Å². The fourth-order valence-corrected chi connectivity index (χ4v) is 0.750. The summed E-state index contributed by atoms with van der Waals surface area (Å²) in [7, 11) is 0. The number of hydrogen-bond acceptors (Lipinski definition) is 4. The normalized spacial score (nSPS) is 9.31. The summed E-state index contributed by atoms with van der Waals surface area (Å²) in [5.41, 5.74) is 8.06. The van der Waals surface area contributed by atoms with Crippen LogP contribution in [0.1, 0.15) is 13.3 Å². The number of rotatable bonds is 4. The van der Waals surface area contributed by atoms with Crippen molar-refractivity contribution in [3.8, 4) is 0 Å². The quantitative estimate of drug-likeness (QED) is 0.395. The molecule has 0 saturated carbocycles. The Morgan fingerprint density at radius 3 is 3.23 bits per heavy atom. The average Bonchev–Trinajstić information content (AvgIpc) is 2.50. The maximum atomic E-state index is 10.6. The molecule has 0 aromatic carbocycles. The highest BCUT2D eigenvalue weighted by atomic mass is 16.1. The van der Waals surface area contributed by atoms with Crippen LogP contribution < -0.4 is 0 Å². The summed E-state index contributed by atoms with van der Waals surface area (Å²) >= 11 is 0. The number of aromatic nitrogens is 3. The Morgan fingerprint density at radius 1 is 1.85 bits per heavy atom. The van der Waals surface area contributed by atoms with Gasteiger partial charge in [0.05, 0.1) is 0 Å². The number of Topliss-reactive ketones (excluding diaryl/α,β-unsaturated/α-hetero) is 1. The van der Waals surface area contributed by atoms with Gasteiger partial charge in [0.1, 0.15) is 12.1 Å². The van der Waals surface area contributed by atoms with Crippen molar-refractivity contribution in [3.63, 3.8) is 0 Å². The zero-order valence-electron chi connectivity index (χ0n) is 7.08. The molecule has 0 amide bonds. The van der Waals surface area contributed by atoms with Gasteiger partial charge in [0.2, 0.25) is 5.95 Å². The van der Waals surface area contributed by atoms with E-state index in [1.165, 1.54) is 17.9 Å². The van der Waals surface area contributed by atoms with E-state index in [9.17, 15) is 4.79 Å². The molecule has 1 aromatic rings. The van der Waals surface area contributed by atoms with Gasteiger partial charge in [-0.25, -0.2) is 4.98 Å². The zero-order chi connectivity index (χ0) is 9.68. The fraction of sp³-hybridized carbons (Fsp3) is 0.500. The smallest absolute Gasteiger partial charge is 0.237 e. The predicted molar refractivity (Wildman–Crippen MR) is 44.1 cm³/mol. The molecule has 0 aliphatic heterocycles. The molecule has 0 saturated heterocycles. The maximum absolute atomic E-state index is 10.6. The highest BCUT2D eigenvalue weighted by Crippen LogP contribution is 2.01. The van der Waals surface area contributed by atoms with Gasteiger partial charge in [-0.15, -0.1) is 5.10 Å². The fourth-order valence-electron chi connectivity index (χ4n) is 0.750. The maximum Gasteiger partial charge on any atom is 0.237 e. The van der Waals surface area contributed by atoms with Crippen molar-refractivity contribution < 1.29 is 4.79 Å². The van der Waals surface area contributed by atoms with Crippen LogP contribution in [0.3, 0.4) is 0 Å². The minimum atomic E-state index is 0.0750. The molecular formula is C6H8N6O. The third kappa shape index (κ3) is 2.92. The monoisotopic (exact) mass is 180 g/mol. The molecule has 0 N–H and O–H groups in total. The summed E-state index contributed by atoms with van der Waals surface area (Å²) in [5, 5.41) is 7.01. The SMILES string of the molecule is CC(=O)CCn1cnc(N=[N+]=[N-])n1. The number of nitrogens with zero attached hydrogens (tertiary/aromatic N) is 6. The molecule has 1 rings (SSSR count). The third-order valence-corrected chi connectivity index (χ3v) is 1.35. The topological polar surface area (TPSA) is 96.5 Å². The van der Waals surface area contributed by atoms with Gasteiger partial charge in [-0.3, -0.25) is 9.48 Å². The van der Waals surface area contributed by atoms with Crippen molar-refractivity contribution in [2.45, 2.75) is 19.9 Å². The van der Waals surface area contributed by atoms with Crippen molar-refractivity contribution in [1.82, 2.24) is 14.8 Å². The predicted octanol–water partition coefficient (Wildman–Crippen LogP) is 1.20. The second-order valence-corrected chi connectivity index (χ2v) is 2.45. The summed E-state index contributed by atoms with van der Waals surface area (Å²) in [6.07, 6.45) is 1.83. The van der Waals surface area contributed by atoms with Crippen molar-refractivity contribution in [2.75, 3.05) is 0 Å². The molecule has 1 heterocycles. The molecule has 7 nitrogen and oxygen atoms in total. The molecule has 0 bridgehead atoms. The Morgan fingerprint density at radius 2 is 2.62 bits per heavy atom. The molecule has 0 aliphatic carbocycles. The lowest BCUT2D eigenvalue weighted by atomic mass is 10.3. The lowest BCUT2D eigenvalue weighted by Gasteiger charge is -1.94. The van der Waals surface area contributed by atoms with Crippen LogP contribution in [0.15, 0.2) is 11.4 Å². The van der Waals surface area contributed by atoms with Gasteiger partial charge in [-0.1, -0.05) is 0 Å². The molecule has 0 unspecified atom stereocenters. The third-order valence-electron chi connectivity index (χ3n) is 1.35. The van der Waals surface area contributed by atoms with E-state index in [-0.39, 0.29) is 11.7 Å². The first kappa shape index (κ1) is 9.21. The van der Waals surface area contributed by atoms with Crippen LogP contribution in [0.4, 0.5) is 5.95 Å². The second kappa shape index (κ2) is 4.22. The van der Waals surface area contributed by atoms with Crippen LogP contribution in [0.2, 0.25) is 0 Å². The highest BCUT2D eigenvalue weighted by Gasteiger charge is 1.98. The minimum absolute atomic E-state index is 0.0750. The number of ketones is 1. The van der Waals surface area contributed by atoms with Gasteiger partial charge < -0.3 is 0 Å². The Bertz CT molecular complexity index is 350. The van der Waals surface area contributed by atoms with Crippen LogP contribution in [0.25, 0.3) is 10.4 Å². The van der Waals surface area contributed by atoms with Crippen LogP contribution in [0.5, 0.6) is 0 Å². The number of aryl methyl sites for hydroxylation is 1. The van der Waals surface area contributed by atoms with Gasteiger partial charge in [-0.2, -0.15) is 0 Å². The number of carbonyl (C=O) groups is 1. The van der Waals surface area contributed by atoms with E-state index in [1.54, 1.807) is 0 Å². The van der Waals surface area contributed by atoms with E-state index in [2.05, 4.69) is 20.1 Å². The Kier molecular flexibility index (Phi) is 2.99. The number of carbonyl (C=O) groups excluding carboxylic acids is 1. The standard InChI is InChI=1S/C6H8N6O/c1-5(13)2-3-12-4-8-6(10-12)9-11-7/h4H,2-3H2,1H3. The number of hydrogen-bond donors (Lipinski definition) is 0. The zero-order valence-corrected chi connectivity index (χ0v) is 7.08. The minimum Gasteiger partial charge on any atom is -0.300 e. The van der Waals surface area contributed by atoms with Crippen molar-refractivity contribution in [2.24, 2.45) is 5.11 Å². The van der Waals surface area contributed by atoms with E-state index in [0.717, 1.165) is 0 Å². The number of azide groups is 1. The molecule has 0 atom stereocenters. The molecular weight excluding hydrogens is 172 g/mol. The summed E-state index contributed by atoms with van der Waals surface area (Å²) < 4.78 is 1.46.